The molecule has 1 aromatic carbocycles. The Kier molecular flexibility index (Phi) is 8.12. The van der Waals surface area contributed by atoms with E-state index in [1.807, 2.05) is 30.3 Å². The van der Waals surface area contributed by atoms with Crippen LogP contribution in [0, 0.1) is 25.7 Å². The van der Waals surface area contributed by atoms with Gasteiger partial charge in [-0.25, -0.2) is 14.8 Å². The van der Waals surface area contributed by atoms with Gasteiger partial charge >= 0.3 is 6.09 Å². The highest BCUT2D eigenvalue weighted by Crippen LogP contribution is 2.22. The van der Waals surface area contributed by atoms with Crippen molar-refractivity contribution in [1.82, 2.24) is 14.9 Å². The van der Waals surface area contributed by atoms with E-state index in [4.69, 9.17) is 14.6 Å². The molecule has 1 aliphatic rings. The topological polar surface area (TPSA) is 84.8 Å². The number of carbonyl (C=O) groups is 1. The normalized spacial score (nSPS) is 14.5. The maximum absolute atomic E-state index is 13.6. The fraction of sp³-hybridized carbons (Fsp3) is 0.292. The van der Waals surface area contributed by atoms with Crippen molar-refractivity contribution < 1.29 is 28.2 Å². The minimum Gasteiger partial charge on any atom is -0.504 e. The molecule has 1 atom stereocenters. The summed E-state index contributed by atoms with van der Waals surface area (Å²) in [5, 5.41) is 8.61. The maximum Gasteiger partial charge on any atom is 0.410 e. The second kappa shape index (κ2) is 11.2. The lowest BCUT2D eigenvalue weighted by atomic mass is 10.1. The molecular formula is C24H25F2N3O4. The van der Waals surface area contributed by atoms with Crippen LogP contribution in [0.25, 0.3) is 0 Å². The number of aromatic hydroxyl groups is 1. The van der Waals surface area contributed by atoms with E-state index in [1.165, 1.54) is 6.07 Å². The molecule has 1 aliphatic heterocycles. The first-order valence-electron chi connectivity index (χ1n) is 10.4. The SMILES string of the molecule is Cc1ccc(O)c(F)n1.Cc1ccc(OC[C@H]2CCN2C(=O)OCc2ccccc2)c(F)n1. The van der Waals surface area contributed by atoms with E-state index in [9.17, 15) is 13.6 Å². The average molecular weight is 457 g/mol. The lowest BCUT2D eigenvalue weighted by molar-refractivity contribution is 0.0253. The summed E-state index contributed by atoms with van der Waals surface area (Å²) in [6, 6.07) is 15.5. The molecule has 174 valence electrons. The monoisotopic (exact) mass is 457 g/mol. The van der Waals surface area contributed by atoms with Gasteiger partial charge < -0.3 is 19.5 Å². The minimum atomic E-state index is -0.810. The first-order valence-corrected chi connectivity index (χ1v) is 10.4. The van der Waals surface area contributed by atoms with Crippen LogP contribution in [0.4, 0.5) is 13.6 Å². The quantitative estimate of drug-likeness (QED) is 0.566. The number of rotatable bonds is 5. The minimum absolute atomic E-state index is 0.102. The molecule has 1 N–H and O–H groups in total. The Labute approximate surface area is 190 Å². The summed E-state index contributed by atoms with van der Waals surface area (Å²) in [7, 11) is 0. The molecule has 33 heavy (non-hydrogen) atoms. The standard InChI is InChI=1S/C18H19FN2O3.C6H6FNO/c1-13-7-8-16(17(19)20-13)23-12-15-9-10-21(15)18(22)24-11-14-5-3-2-4-6-14;1-4-2-3-5(9)6(7)8-4/h2-8,15H,9-12H2,1H3;2-3,9H,1H3/t15-;/m1./s1. The van der Waals surface area contributed by atoms with Gasteiger partial charge in [0.25, 0.3) is 11.9 Å². The van der Waals surface area contributed by atoms with Crippen molar-refractivity contribution in [2.45, 2.75) is 32.9 Å². The first-order chi connectivity index (χ1) is 15.8. The van der Waals surface area contributed by atoms with Crippen LogP contribution < -0.4 is 4.74 Å². The third-order valence-corrected chi connectivity index (χ3v) is 4.94. The van der Waals surface area contributed by atoms with Crippen LogP contribution in [0.2, 0.25) is 0 Å². The van der Waals surface area contributed by atoms with Crippen molar-refractivity contribution in [3.8, 4) is 11.5 Å². The van der Waals surface area contributed by atoms with Gasteiger partial charge in [-0.15, -0.1) is 0 Å². The molecule has 4 rings (SSSR count). The largest absolute Gasteiger partial charge is 0.504 e. The van der Waals surface area contributed by atoms with Crippen molar-refractivity contribution in [2.24, 2.45) is 0 Å². The Morgan fingerprint density at radius 3 is 2.27 bits per heavy atom. The molecule has 1 fully saturated rings. The second-order valence-electron chi connectivity index (χ2n) is 7.49. The molecule has 0 saturated carbocycles. The number of halogens is 2. The van der Waals surface area contributed by atoms with Gasteiger partial charge in [0.2, 0.25) is 0 Å². The highest BCUT2D eigenvalue weighted by molar-refractivity contribution is 5.69. The van der Waals surface area contributed by atoms with Crippen LogP contribution in [0.5, 0.6) is 11.5 Å². The number of hydrogen-bond donors (Lipinski definition) is 1. The Hall–Kier alpha value is -3.75. The Balaban J connectivity index is 0.000000286. The molecule has 3 heterocycles. The van der Waals surface area contributed by atoms with Gasteiger partial charge in [0, 0.05) is 17.9 Å². The molecule has 0 spiro atoms. The van der Waals surface area contributed by atoms with Gasteiger partial charge in [-0.3, -0.25) is 0 Å². The lowest BCUT2D eigenvalue weighted by Gasteiger charge is -2.39. The van der Waals surface area contributed by atoms with Crippen LogP contribution in [0.15, 0.2) is 54.6 Å². The van der Waals surface area contributed by atoms with Gasteiger partial charge in [-0.2, -0.15) is 8.78 Å². The van der Waals surface area contributed by atoms with Crippen molar-refractivity contribution in [3.05, 3.63) is 83.4 Å². The van der Waals surface area contributed by atoms with Crippen molar-refractivity contribution in [2.75, 3.05) is 13.2 Å². The van der Waals surface area contributed by atoms with E-state index in [0.29, 0.717) is 17.9 Å². The molecule has 0 bridgehead atoms. The summed E-state index contributed by atoms with van der Waals surface area (Å²) in [6.45, 7) is 4.45. The van der Waals surface area contributed by atoms with E-state index >= 15 is 0 Å². The summed E-state index contributed by atoms with van der Waals surface area (Å²) in [5.41, 5.74) is 2.09. The zero-order chi connectivity index (χ0) is 23.8. The van der Waals surface area contributed by atoms with Crippen molar-refractivity contribution in [3.63, 3.8) is 0 Å². The predicted octanol–water partition coefficient (Wildman–Crippen LogP) is 4.55. The van der Waals surface area contributed by atoms with Crippen LogP contribution in [-0.2, 0) is 11.3 Å². The van der Waals surface area contributed by atoms with E-state index in [1.54, 1.807) is 36.9 Å². The zero-order valence-corrected chi connectivity index (χ0v) is 18.4. The number of pyridine rings is 2. The molecule has 1 amide bonds. The molecular weight excluding hydrogens is 432 g/mol. The Bertz CT molecular complexity index is 1080. The maximum atomic E-state index is 13.6. The molecule has 2 aromatic heterocycles. The summed E-state index contributed by atoms with van der Waals surface area (Å²) in [4.78, 5) is 20.8. The van der Waals surface area contributed by atoms with E-state index in [0.717, 1.165) is 12.0 Å². The molecule has 0 aliphatic carbocycles. The fourth-order valence-electron chi connectivity index (χ4n) is 2.98. The van der Waals surface area contributed by atoms with Crippen LogP contribution in [0.3, 0.4) is 0 Å². The summed E-state index contributed by atoms with van der Waals surface area (Å²) >= 11 is 0. The molecule has 7 nitrogen and oxygen atoms in total. The average Bonchev–Trinajstić information content (AvgIpc) is 2.77. The van der Waals surface area contributed by atoms with Crippen LogP contribution >= 0.6 is 0 Å². The highest BCUT2D eigenvalue weighted by Gasteiger charge is 2.34. The molecule has 0 radical (unpaired) electrons. The van der Waals surface area contributed by atoms with E-state index in [2.05, 4.69) is 9.97 Å². The van der Waals surface area contributed by atoms with Gasteiger partial charge in [0.1, 0.15) is 13.2 Å². The predicted molar refractivity (Wildman–Crippen MR) is 117 cm³/mol. The Morgan fingerprint density at radius 2 is 1.70 bits per heavy atom. The smallest absolute Gasteiger partial charge is 0.410 e. The van der Waals surface area contributed by atoms with Gasteiger partial charge in [0.15, 0.2) is 11.5 Å². The van der Waals surface area contributed by atoms with Crippen LogP contribution in [-0.4, -0.2) is 45.3 Å². The van der Waals surface area contributed by atoms with Gasteiger partial charge in [0.05, 0.1) is 6.04 Å². The second-order valence-corrected chi connectivity index (χ2v) is 7.49. The van der Waals surface area contributed by atoms with E-state index in [-0.39, 0.29) is 31.1 Å². The van der Waals surface area contributed by atoms with Crippen molar-refractivity contribution >= 4 is 6.09 Å². The number of aryl methyl sites for hydroxylation is 2. The number of amides is 1. The number of benzene rings is 1. The third kappa shape index (κ3) is 6.86. The number of aromatic nitrogens is 2. The molecule has 9 heteroatoms. The van der Waals surface area contributed by atoms with E-state index < -0.39 is 17.6 Å². The fourth-order valence-corrected chi connectivity index (χ4v) is 2.98. The van der Waals surface area contributed by atoms with Crippen LogP contribution in [0.1, 0.15) is 23.4 Å². The van der Waals surface area contributed by atoms with Crippen molar-refractivity contribution in [1.29, 1.82) is 0 Å². The lowest BCUT2D eigenvalue weighted by Crippen LogP contribution is -2.54. The summed E-state index contributed by atoms with van der Waals surface area (Å²) < 4.78 is 36.6. The first kappa shape index (κ1) is 23.9. The molecule has 1 saturated heterocycles. The molecule has 3 aromatic rings. The highest BCUT2D eigenvalue weighted by atomic mass is 19.1. The number of carbonyl (C=O) groups excluding carboxylic acids is 1. The molecule has 0 unspecified atom stereocenters. The number of hydrogen-bond acceptors (Lipinski definition) is 6. The van der Waals surface area contributed by atoms with Gasteiger partial charge in [-0.05, 0) is 50.1 Å². The third-order valence-electron chi connectivity index (χ3n) is 4.94. The zero-order valence-electron chi connectivity index (χ0n) is 18.4. The number of nitrogens with zero attached hydrogens (tertiary/aromatic N) is 3. The summed E-state index contributed by atoms with van der Waals surface area (Å²) in [6.07, 6.45) is 0.433. The number of likely N-dealkylation sites (tertiary alicyclic amines) is 1. The van der Waals surface area contributed by atoms with Gasteiger partial charge in [-0.1, -0.05) is 30.3 Å². The Morgan fingerprint density at radius 1 is 1.03 bits per heavy atom. The number of ether oxygens (including phenoxy) is 2. The summed E-state index contributed by atoms with van der Waals surface area (Å²) in [5.74, 6) is -1.74.